The average Bonchev–Trinajstić information content (AvgIpc) is 2.89. The standard InChI is InChI=1S/C26H25N5O3S.CH2O2/c1-15-8-19(35-20-9-16(12-28-13-20)26(33)31(2)3)11-21-23(15)29-14-22(25(27)32)24(21)30-17-6-5-7-18(10-17)34-4;2-1-3/h5-14H,1-4H3,(H2,27,32)(H,29,30);1H,(H,2,3). The molecule has 10 nitrogen and oxygen atoms in total. The summed E-state index contributed by atoms with van der Waals surface area (Å²) in [5.41, 5.74) is 9.47. The number of methoxy groups -OCH3 is 1. The number of benzene rings is 2. The van der Waals surface area contributed by atoms with Crippen LogP contribution in [0.2, 0.25) is 0 Å². The van der Waals surface area contributed by atoms with Crippen molar-refractivity contribution in [3.63, 3.8) is 0 Å². The molecule has 0 radical (unpaired) electrons. The van der Waals surface area contributed by atoms with E-state index < -0.39 is 5.91 Å². The Morgan fingerprint density at radius 1 is 1.11 bits per heavy atom. The molecule has 0 aliphatic rings. The van der Waals surface area contributed by atoms with Gasteiger partial charge < -0.3 is 25.8 Å². The van der Waals surface area contributed by atoms with Crippen molar-refractivity contribution in [3.8, 4) is 5.75 Å². The first-order valence-corrected chi connectivity index (χ1v) is 12.1. The van der Waals surface area contributed by atoms with Gasteiger partial charge in [0.05, 0.1) is 29.4 Å². The quantitative estimate of drug-likeness (QED) is 0.295. The summed E-state index contributed by atoms with van der Waals surface area (Å²) in [6.07, 6.45) is 4.76. The van der Waals surface area contributed by atoms with E-state index in [1.807, 2.05) is 49.4 Å². The third-order valence-electron chi connectivity index (χ3n) is 5.34. The zero-order valence-electron chi connectivity index (χ0n) is 21.3. The van der Waals surface area contributed by atoms with Crippen LogP contribution in [0.15, 0.2) is 70.8 Å². The molecule has 2 aromatic heterocycles. The van der Waals surface area contributed by atoms with Crippen LogP contribution in [0.5, 0.6) is 5.75 Å². The minimum absolute atomic E-state index is 0.116. The van der Waals surface area contributed by atoms with Crippen molar-refractivity contribution in [2.75, 3.05) is 26.5 Å². The molecule has 0 aliphatic heterocycles. The van der Waals surface area contributed by atoms with Crippen LogP contribution >= 0.6 is 11.8 Å². The number of amides is 2. The Kier molecular flexibility index (Phi) is 9.23. The molecule has 0 atom stereocenters. The molecule has 0 bridgehead atoms. The third-order valence-corrected chi connectivity index (χ3v) is 6.27. The molecule has 2 heterocycles. The minimum atomic E-state index is -0.584. The number of fused-ring (bicyclic) bond motifs is 1. The average molecular weight is 534 g/mol. The predicted octanol–water partition coefficient (Wildman–Crippen LogP) is 4.34. The Balaban J connectivity index is 0.00000127. The second-order valence-corrected chi connectivity index (χ2v) is 9.37. The Morgan fingerprint density at radius 3 is 2.50 bits per heavy atom. The van der Waals surface area contributed by atoms with Crippen molar-refractivity contribution in [1.29, 1.82) is 0 Å². The molecular weight excluding hydrogens is 506 g/mol. The van der Waals surface area contributed by atoms with E-state index in [2.05, 4.69) is 15.3 Å². The normalized spacial score (nSPS) is 10.2. The number of nitrogens with one attached hydrogen (secondary N) is 1. The van der Waals surface area contributed by atoms with Crippen molar-refractivity contribution >= 4 is 52.3 Å². The Hall–Kier alpha value is -4.64. The molecule has 4 N–H and O–H groups in total. The third kappa shape index (κ3) is 6.56. The lowest BCUT2D eigenvalue weighted by molar-refractivity contribution is -0.122. The maximum atomic E-state index is 12.4. The van der Waals surface area contributed by atoms with E-state index in [9.17, 15) is 9.59 Å². The molecule has 0 aliphatic carbocycles. The molecule has 0 unspecified atom stereocenters. The number of aryl methyl sites for hydroxylation is 1. The van der Waals surface area contributed by atoms with Crippen LogP contribution in [0.4, 0.5) is 11.4 Å². The molecule has 0 saturated carbocycles. The Bertz CT molecular complexity index is 1490. The maximum Gasteiger partial charge on any atom is 0.290 e. The second-order valence-electron chi connectivity index (χ2n) is 8.22. The fourth-order valence-corrected chi connectivity index (χ4v) is 4.64. The number of rotatable bonds is 7. The van der Waals surface area contributed by atoms with Gasteiger partial charge in [0.25, 0.3) is 18.3 Å². The number of carboxylic acid groups (broad SMARTS) is 1. The van der Waals surface area contributed by atoms with Gasteiger partial charge in [0.15, 0.2) is 0 Å². The summed E-state index contributed by atoms with van der Waals surface area (Å²) in [6.45, 7) is 1.71. The van der Waals surface area contributed by atoms with Gasteiger partial charge in [0.2, 0.25) is 0 Å². The van der Waals surface area contributed by atoms with Crippen molar-refractivity contribution in [2.45, 2.75) is 16.7 Å². The molecule has 0 saturated heterocycles. The van der Waals surface area contributed by atoms with Crippen LogP contribution in [-0.4, -0.2) is 59.5 Å². The smallest absolute Gasteiger partial charge is 0.290 e. The van der Waals surface area contributed by atoms with Crippen LogP contribution < -0.4 is 15.8 Å². The summed E-state index contributed by atoms with van der Waals surface area (Å²) in [5.74, 6) is -0.0182. The van der Waals surface area contributed by atoms with Gasteiger partial charge in [-0.15, -0.1) is 0 Å². The number of carbonyl (C=O) groups excluding carboxylic acids is 2. The molecule has 4 aromatic rings. The van der Waals surface area contributed by atoms with Crippen molar-refractivity contribution in [2.24, 2.45) is 5.73 Å². The molecule has 196 valence electrons. The van der Waals surface area contributed by atoms with E-state index in [0.717, 1.165) is 31.9 Å². The maximum absolute atomic E-state index is 12.4. The Morgan fingerprint density at radius 2 is 1.84 bits per heavy atom. The SMILES string of the molecule is COc1cccc(Nc2c(C(N)=O)cnc3c(C)cc(Sc4cncc(C(=O)N(C)C)c4)cc23)c1.O=CO. The first-order valence-electron chi connectivity index (χ1n) is 11.2. The van der Waals surface area contributed by atoms with Crippen molar-refractivity contribution < 1.29 is 24.2 Å². The number of carbonyl (C=O) groups is 3. The van der Waals surface area contributed by atoms with Gasteiger partial charge >= 0.3 is 0 Å². The van der Waals surface area contributed by atoms with Crippen LogP contribution in [0.3, 0.4) is 0 Å². The van der Waals surface area contributed by atoms with Crippen LogP contribution in [-0.2, 0) is 4.79 Å². The molecule has 11 heteroatoms. The van der Waals surface area contributed by atoms with E-state index in [4.69, 9.17) is 20.4 Å². The van der Waals surface area contributed by atoms with Gasteiger partial charge in [-0.1, -0.05) is 17.8 Å². The summed E-state index contributed by atoms with van der Waals surface area (Å²) in [7, 11) is 5.00. The van der Waals surface area contributed by atoms with E-state index >= 15 is 0 Å². The second kappa shape index (κ2) is 12.5. The van der Waals surface area contributed by atoms with Gasteiger partial charge in [-0.25, -0.2) is 0 Å². The summed E-state index contributed by atoms with van der Waals surface area (Å²) in [5, 5.41) is 11.0. The number of anilines is 2. The van der Waals surface area contributed by atoms with E-state index in [-0.39, 0.29) is 17.9 Å². The summed E-state index contributed by atoms with van der Waals surface area (Å²) >= 11 is 1.47. The number of ether oxygens (including phenoxy) is 1. The highest BCUT2D eigenvalue weighted by Crippen LogP contribution is 2.37. The summed E-state index contributed by atoms with van der Waals surface area (Å²) in [4.78, 5) is 44.9. The predicted molar refractivity (Wildman–Crippen MR) is 146 cm³/mol. The highest BCUT2D eigenvalue weighted by Gasteiger charge is 2.17. The topological polar surface area (TPSA) is 148 Å². The van der Waals surface area contributed by atoms with E-state index in [1.165, 1.54) is 22.9 Å². The van der Waals surface area contributed by atoms with Crippen LogP contribution in [0, 0.1) is 6.92 Å². The zero-order chi connectivity index (χ0) is 27.8. The summed E-state index contributed by atoms with van der Waals surface area (Å²) < 4.78 is 5.32. The molecule has 0 fully saturated rings. The summed E-state index contributed by atoms with van der Waals surface area (Å²) in [6, 6.07) is 13.2. The Labute approximate surface area is 223 Å². The fraction of sp³-hybridized carbons (Fsp3) is 0.148. The van der Waals surface area contributed by atoms with Crippen molar-refractivity contribution in [1.82, 2.24) is 14.9 Å². The van der Waals surface area contributed by atoms with Gasteiger partial charge in [-0.05, 0) is 42.8 Å². The number of nitrogens with two attached hydrogens (primary N) is 1. The number of hydrogen-bond donors (Lipinski definition) is 3. The molecular formula is C27H27N5O5S. The molecule has 0 spiro atoms. The monoisotopic (exact) mass is 533 g/mol. The number of nitrogens with zero attached hydrogens (tertiary/aromatic N) is 3. The van der Waals surface area contributed by atoms with Crippen LogP contribution in [0.1, 0.15) is 26.3 Å². The molecule has 2 aromatic carbocycles. The highest BCUT2D eigenvalue weighted by atomic mass is 32.2. The number of hydrogen-bond acceptors (Lipinski definition) is 8. The zero-order valence-corrected chi connectivity index (χ0v) is 22.1. The van der Waals surface area contributed by atoms with Gasteiger partial charge in [-0.2, -0.15) is 0 Å². The number of aromatic nitrogens is 2. The lowest BCUT2D eigenvalue weighted by Crippen LogP contribution is -2.21. The fourth-order valence-electron chi connectivity index (χ4n) is 3.66. The lowest BCUT2D eigenvalue weighted by atomic mass is 10.1. The minimum Gasteiger partial charge on any atom is -0.497 e. The van der Waals surface area contributed by atoms with E-state index in [1.54, 1.807) is 33.6 Å². The van der Waals surface area contributed by atoms with Gasteiger partial charge in [-0.3, -0.25) is 24.4 Å². The number of primary amides is 1. The molecule has 2 amide bonds. The van der Waals surface area contributed by atoms with Gasteiger partial charge in [0.1, 0.15) is 5.75 Å². The van der Waals surface area contributed by atoms with Gasteiger partial charge in [0, 0.05) is 59.6 Å². The molecule has 38 heavy (non-hydrogen) atoms. The first-order chi connectivity index (χ1) is 18.2. The lowest BCUT2D eigenvalue weighted by Gasteiger charge is -2.16. The number of pyridine rings is 2. The van der Waals surface area contributed by atoms with Crippen LogP contribution in [0.25, 0.3) is 10.9 Å². The highest BCUT2D eigenvalue weighted by molar-refractivity contribution is 7.99. The van der Waals surface area contributed by atoms with E-state index in [0.29, 0.717) is 17.0 Å². The largest absolute Gasteiger partial charge is 0.497 e. The van der Waals surface area contributed by atoms with Crippen molar-refractivity contribution in [3.05, 3.63) is 77.7 Å². The molecule has 4 rings (SSSR count). The first kappa shape index (κ1) is 27.9.